The van der Waals surface area contributed by atoms with Gasteiger partial charge in [0.15, 0.2) is 5.78 Å². The van der Waals surface area contributed by atoms with Gasteiger partial charge in [0.2, 0.25) is 0 Å². The summed E-state index contributed by atoms with van der Waals surface area (Å²) in [5, 5.41) is 4.15. The lowest BCUT2D eigenvalue weighted by Crippen LogP contribution is -2.18. The first-order valence-corrected chi connectivity index (χ1v) is 7.62. The van der Waals surface area contributed by atoms with Crippen molar-refractivity contribution in [3.05, 3.63) is 10.6 Å². The lowest BCUT2D eigenvalue weighted by Gasteiger charge is -2.21. The quantitative estimate of drug-likeness (QED) is 0.777. The first kappa shape index (κ1) is 13.7. The molecule has 0 radical (unpaired) electrons. The van der Waals surface area contributed by atoms with E-state index < -0.39 is 0 Å². The molecule has 1 aliphatic carbocycles. The van der Waals surface area contributed by atoms with E-state index in [9.17, 15) is 4.79 Å². The molecule has 0 unspecified atom stereocenters. The molecule has 0 spiro atoms. The Morgan fingerprint density at radius 2 is 1.94 bits per heavy atom. The summed E-state index contributed by atoms with van der Waals surface area (Å²) < 4.78 is 3.97. The topological polar surface area (TPSA) is 42.9 Å². The standard InChI is InChI=1S/C14H22N2OS/c1-14(2,3)13-12(18-16-15-13)11(17)9-10-7-5-4-6-8-10/h10H,4-9H2,1-3H3. The summed E-state index contributed by atoms with van der Waals surface area (Å²) in [6.07, 6.45) is 7.01. The highest BCUT2D eigenvalue weighted by molar-refractivity contribution is 7.08. The molecule has 4 heteroatoms. The zero-order chi connectivity index (χ0) is 13.2. The second-order valence-electron chi connectivity index (χ2n) is 6.33. The van der Waals surface area contributed by atoms with E-state index in [1.54, 1.807) is 0 Å². The van der Waals surface area contributed by atoms with E-state index in [-0.39, 0.29) is 11.2 Å². The summed E-state index contributed by atoms with van der Waals surface area (Å²) in [5.74, 6) is 0.836. The van der Waals surface area contributed by atoms with Crippen molar-refractivity contribution in [2.24, 2.45) is 5.92 Å². The fraction of sp³-hybridized carbons (Fsp3) is 0.786. The Kier molecular flexibility index (Phi) is 4.15. The maximum Gasteiger partial charge on any atom is 0.176 e. The van der Waals surface area contributed by atoms with Crippen LogP contribution in [0.15, 0.2) is 0 Å². The fourth-order valence-electron chi connectivity index (χ4n) is 2.61. The van der Waals surface area contributed by atoms with Crippen LogP contribution < -0.4 is 0 Å². The molecule has 3 nitrogen and oxygen atoms in total. The molecular weight excluding hydrogens is 244 g/mol. The number of rotatable bonds is 3. The van der Waals surface area contributed by atoms with Gasteiger partial charge in [-0.25, -0.2) is 0 Å². The van der Waals surface area contributed by atoms with Crippen LogP contribution in [0.2, 0.25) is 0 Å². The lowest BCUT2D eigenvalue weighted by molar-refractivity contribution is 0.0952. The minimum Gasteiger partial charge on any atom is -0.293 e. The predicted octanol–water partition coefficient (Wildman–Crippen LogP) is 3.99. The molecule has 1 saturated carbocycles. The Hall–Kier alpha value is -0.770. The summed E-state index contributed by atoms with van der Waals surface area (Å²) in [7, 11) is 0. The molecule has 1 aromatic rings. The van der Waals surface area contributed by atoms with Crippen LogP contribution in [0.5, 0.6) is 0 Å². The Bertz CT molecular complexity index is 414. The van der Waals surface area contributed by atoms with Crippen LogP contribution in [-0.4, -0.2) is 15.4 Å². The van der Waals surface area contributed by atoms with Crippen LogP contribution in [0.3, 0.4) is 0 Å². The van der Waals surface area contributed by atoms with Gasteiger partial charge in [0.25, 0.3) is 0 Å². The zero-order valence-electron chi connectivity index (χ0n) is 11.5. The zero-order valence-corrected chi connectivity index (χ0v) is 12.3. The number of hydrogen-bond acceptors (Lipinski definition) is 4. The van der Waals surface area contributed by atoms with Crippen LogP contribution in [0, 0.1) is 5.92 Å². The molecule has 1 heterocycles. The number of carbonyl (C=O) groups excluding carboxylic acids is 1. The van der Waals surface area contributed by atoms with Crippen LogP contribution in [-0.2, 0) is 5.41 Å². The van der Waals surface area contributed by atoms with Gasteiger partial charge in [-0.05, 0) is 17.5 Å². The summed E-state index contributed by atoms with van der Waals surface area (Å²) >= 11 is 1.26. The lowest BCUT2D eigenvalue weighted by atomic mass is 9.84. The molecule has 0 saturated heterocycles. The van der Waals surface area contributed by atoms with Crippen molar-refractivity contribution < 1.29 is 4.79 Å². The molecule has 1 fully saturated rings. The summed E-state index contributed by atoms with van der Waals surface area (Å²) in [6, 6.07) is 0. The Balaban J connectivity index is 2.07. The van der Waals surface area contributed by atoms with Crippen LogP contribution >= 0.6 is 11.5 Å². The number of ketones is 1. The highest BCUT2D eigenvalue weighted by Crippen LogP contribution is 2.31. The SMILES string of the molecule is CC(C)(C)c1nnsc1C(=O)CC1CCCCC1. The number of carbonyl (C=O) groups is 1. The van der Waals surface area contributed by atoms with E-state index in [0.29, 0.717) is 12.3 Å². The Labute approximate surface area is 113 Å². The average molecular weight is 266 g/mol. The van der Waals surface area contributed by atoms with Crippen LogP contribution in [0.4, 0.5) is 0 Å². The molecule has 0 N–H and O–H groups in total. The van der Waals surface area contributed by atoms with E-state index in [0.717, 1.165) is 10.6 Å². The number of Topliss-reactive ketones (excluding diaryl/α,β-unsaturated/α-hetero) is 1. The molecule has 2 rings (SSSR count). The minimum atomic E-state index is -0.0927. The highest BCUT2D eigenvalue weighted by Gasteiger charge is 2.27. The van der Waals surface area contributed by atoms with Crippen molar-refractivity contribution in [1.82, 2.24) is 9.59 Å². The molecule has 0 aliphatic heterocycles. The second-order valence-corrected chi connectivity index (χ2v) is 7.09. The van der Waals surface area contributed by atoms with Gasteiger partial charge in [-0.15, -0.1) is 5.10 Å². The van der Waals surface area contributed by atoms with Crippen molar-refractivity contribution in [2.45, 2.75) is 64.7 Å². The van der Waals surface area contributed by atoms with Crippen molar-refractivity contribution in [3.8, 4) is 0 Å². The van der Waals surface area contributed by atoms with Crippen molar-refractivity contribution >= 4 is 17.3 Å². The third-order valence-corrected chi connectivity index (χ3v) is 4.42. The van der Waals surface area contributed by atoms with E-state index in [1.807, 2.05) is 0 Å². The van der Waals surface area contributed by atoms with Gasteiger partial charge in [-0.2, -0.15) is 0 Å². The molecule has 18 heavy (non-hydrogen) atoms. The van der Waals surface area contributed by atoms with Gasteiger partial charge < -0.3 is 0 Å². The number of hydrogen-bond donors (Lipinski definition) is 0. The largest absolute Gasteiger partial charge is 0.293 e. The monoisotopic (exact) mass is 266 g/mol. The molecule has 0 bridgehead atoms. The van der Waals surface area contributed by atoms with E-state index in [2.05, 4.69) is 30.4 Å². The normalized spacial score (nSPS) is 17.9. The van der Waals surface area contributed by atoms with Crippen molar-refractivity contribution in [3.63, 3.8) is 0 Å². The van der Waals surface area contributed by atoms with Crippen LogP contribution in [0.1, 0.15) is 74.7 Å². The maximum absolute atomic E-state index is 12.4. The second kappa shape index (κ2) is 5.47. The van der Waals surface area contributed by atoms with Gasteiger partial charge >= 0.3 is 0 Å². The highest BCUT2D eigenvalue weighted by atomic mass is 32.1. The molecule has 100 valence electrons. The molecule has 0 aromatic carbocycles. The smallest absolute Gasteiger partial charge is 0.176 e. The molecule has 0 atom stereocenters. The third kappa shape index (κ3) is 3.16. The van der Waals surface area contributed by atoms with Gasteiger partial charge in [0.05, 0.1) is 5.69 Å². The van der Waals surface area contributed by atoms with Crippen molar-refractivity contribution in [2.75, 3.05) is 0 Å². The Morgan fingerprint density at radius 1 is 1.28 bits per heavy atom. The molecule has 1 aliphatic rings. The summed E-state index contributed by atoms with van der Waals surface area (Å²) in [4.78, 5) is 13.2. The van der Waals surface area contributed by atoms with E-state index in [1.165, 1.54) is 43.6 Å². The molecule has 1 aromatic heterocycles. The summed E-state index contributed by atoms with van der Waals surface area (Å²) in [6.45, 7) is 6.25. The first-order chi connectivity index (χ1) is 8.48. The third-order valence-electron chi connectivity index (χ3n) is 3.65. The number of aromatic nitrogens is 2. The van der Waals surface area contributed by atoms with Crippen molar-refractivity contribution in [1.29, 1.82) is 0 Å². The van der Waals surface area contributed by atoms with Gasteiger partial charge in [-0.1, -0.05) is 57.4 Å². The molecular formula is C14H22N2OS. The Morgan fingerprint density at radius 3 is 2.56 bits per heavy atom. The fourth-order valence-corrected chi connectivity index (χ4v) is 3.43. The maximum atomic E-state index is 12.4. The van der Waals surface area contributed by atoms with Gasteiger partial charge in [0, 0.05) is 11.8 Å². The van der Waals surface area contributed by atoms with Crippen LogP contribution in [0.25, 0.3) is 0 Å². The molecule has 0 amide bonds. The minimum absolute atomic E-state index is 0.0927. The average Bonchev–Trinajstić information content (AvgIpc) is 2.79. The van der Waals surface area contributed by atoms with E-state index in [4.69, 9.17) is 0 Å². The first-order valence-electron chi connectivity index (χ1n) is 6.84. The van der Waals surface area contributed by atoms with Gasteiger partial charge in [-0.3, -0.25) is 4.79 Å². The number of nitrogens with zero attached hydrogens (tertiary/aromatic N) is 2. The van der Waals surface area contributed by atoms with E-state index >= 15 is 0 Å². The summed E-state index contributed by atoms with van der Waals surface area (Å²) in [5.41, 5.74) is 0.776. The van der Waals surface area contributed by atoms with Gasteiger partial charge in [0.1, 0.15) is 4.88 Å². The predicted molar refractivity (Wildman–Crippen MR) is 74.1 cm³/mol.